The lowest BCUT2D eigenvalue weighted by atomic mass is 9.89. The Kier molecular flexibility index (Phi) is 4.67. The van der Waals surface area contributed by atoms with Crippen molar-refractivity contribution < 1.29 is 9.47 Å². The Morgan fingerprint density at radius 1 is 1.36 bits per heavy atom. The van der Waals surface area contributed by atoms with E-state index in [2.05, 4.69) is 47.8 Å². The first kappa shape index (κ1) is 16.1. The minimum atomic E-state index is 0.401. The summed E-state index contributed by atoms with van der Waals surface area (Å²) in [6.07, 6.45) is 1.11. The third kappa shape index (κ3) is 2.74. The fraction of sp³-hybridized carbons (Fsp3) is 0.647. The van der Waals surface area contributed by atoms with E-state index in [-0.39, 0.29) is 0 Å². The Bertz CT molecular complexity index is 562. The number of benzene rings is 1. The van der Waals surface area contributed by atoms with Crippen molar-refractivity contribution >= 4 is 15.9 Å². The van der Waals surface area contributed by atoms with Crippen LogP contribution in [0.5, 0.6) is 11.5 Å². The highest BCUT2D eigenvalue weighted by Gasteiger charge is 2.34. The predicted octanol–water partition coefficient (Wildman–Crippen LogP) is 3.30. The average Bonchev–Trinajstić information content (AvgIpc) is 2.87. The molecule has 1 aromatic rings. The maximum atomic E-state index is 5.89. The van der Waals surface area contributed by atoms with E-state index < -0.39 is 0 Å². The Hall–Kier alpha value is -0.780. The SMILES string of the molecule is CC(C)c1c(C2CC(CN)CN2C)cc2c(c1Br)OCCO2. The monoisotopic (exact) mass is 368 g/mol. The van der Waals surface area contributed by atoms with E-state index in [1.165, 1.54) is 11.1 Å². The number of fused-ring (bicyclic) bond motifs is 1. The Morgan fingerprint density at radius 3 is 2.73 bits per heavy atom. The van der Waals surface area contributed by atoms with Gasteiger partial charge in [0, 0.05) is 12.6 Å². The van der Waals surface area contributed by atoms with Gasteiger partial charge in [0.25, 0.3) is 0 Å². The maximum absolute atomic E-state index is 5.89. The van der Waals surface area contributed by atoms with Gasteiger partial charge in [-0.2, -0.15) is 0 Å². The molecule has 22 heavy (non-hydrogen) atoms. The van der Waals surface area contributed by atoms with Gasteiger partial charge in [-0.05, 0) is 65.0 Å². The first-order valence-corrected chi connectivity index (χ1v) is 8.84. The number of rotatable bonds is 3. The molecule has 0 bridgehead atoms. The smallest absolute Gasteiger partial charge is 0.175 e. The molecule has 0 amide bonds. The van der Waals surface area contributed by atoms with Crippen molar-refractivity contribution in [2.75, 3.05) is 33.4 Å². The van der Waals surface area contributed by atoms with Crippen molar-refractivity contribution in [2.45, 2.75) is 32.2 Å². The van der Waals surface area contributed by atoms with Crippen LogP contribution >= 0.6 is 15.9 Å². The highest BCUT2D eigenvalue weighted by Crippen LogP contribution is 2.48. The summed E-state index contributed by atoms with van der Waals surface area (Å²) >= 11 is 3.77. The average molecular weight is 369 g/mol. The van der Waals surface area contributed by atoms with Crippen molar-refractivity contribution in [3.8, 4) is 11.5 Å². The molecule has 0 aromatic heterocycles. The van der Waals surface area contributed by atoms with Gasteiger partial charge < -0.3 is 15.2 Å². The minimum absolute atomic E-state index is 0.401. The zero-order valence-corrected chi connectivity index (χ0v) is 15.1. The number of nitrogens with two attached hydrogens (primary N) is 1. The van der Waals surface area contributed by atoms with E-state index in [1.54, 1.807) is 0 Å². The first-order valence-electron chi connectivity index (χ1n) is 8.05. The second-order valence-corrected chi connectivity index (χ2v) is 7.46. The number of nitrogens with zero attached hydrogens (tertiary/aromatic N) is 1. The fourth-order valence-corrected chi connectivity index (χ4v) is 4.68. The van der Waals surface area contributed by atoms with Gasteiger partial charge in [0.15, 0.2) is 11.5 Å². The molecule has 0 spiro atoms. The molecule has 2 aliphatic rings. The van der Waals surface area contributed by atoms with Gasteiger partial charge in [0.1, 0.15) is 13.2 Å². The molecular formula is C17H25BrN2O2. The zero-order chi connectivity index (χ0) is 15.9. The van der Waals surface area contributed by atoms with Gasteiger partial charge in [-0.1, -0.05) is 13.8 Å². The summed E-state index contributed by atoms with van der Waals surface area (Å²) in [5.41, 5.74) is 8.58. The lowest BCUT2D eigenvalue weighted by Crippen LogP contribution is -2.22. The second-order valence-electron chi connectivity index (χ2n) is 6.67. The normalized spacial score (nSPS) is 25.0. The van der Waals surface area contributed by atoms with Crippen LogP contribution in [0.1, 0.15) is 43.4 Å². The minimum Gasteiger partial charge on any atom is -0.486 e. The predicted molar refractivity (Wildman–Crippen MR) is 91.8 cm³/mol. The molecule has 1 saturated heterocycles. The van der Waals surface area contributed by atoms with Crippen molar-refractivity contribution in [3.05, 3.63) is 21.7 Å². The quantitative estimate of drug-likeness (QED) is 0.888. The van der Waals surface area contributed by atoms with E-state index in [9.17, 15) is 0 Å². The lowest BCUT2D eigenvalue weighted by Gasteiger charge is -2.29. The van der Waals surface area contributed by atoms with Crippen molar-refractivity contribution in [1.82, 2.24) is 4.90 Å². The molecule has 0 saturated carbocycles. The maximum Gasteiger partial charge on any atom is 0.175 e. The van der Waals surface area contributed by atoms with Crippen LogP contribution in [0.2, 0.25) is 0 Å². The fourth-order valence-electron chi connectivity index (χ4n) is 3.68. The zero-order valence-electron chi connectivity index (χ0n) is 13.6. The van der Waals surface area contributed by atoms with E-state index in [0.717, 1.165) is 35.5 Å². The van der Waals surface area contributed by atoms with Crippen LogP contribution < -0.4 is 15.2 Å². The molecule has 1 aromatic carbocycles. The molecule has 4 nitrogen and oxygen atoms in total. The van der Waals surface area contributed by atoms with Gasteiger partial charge >= 0.3 is 0 Å². The van der Waals surface area contributed by atoms with Gasteiger partial charge in [0.05, 0.1) is 4.47 Å². The van der Waals surface area contributed by atoms with Crippen LogP contribution in [0.25, 0.3) is 0 Å². The summed E-state index contributed by atoms with van der Waals surface area (Å²) in [5, 5.41) is 0. The Morgan fingerprint density at radius 2 is 2.09 bits per heavy atom. The summed E-state index contributed by atoms with van der Waals surface area (Å²) in [6.45, 7) is 7.51. The summed E-state index contributed by atoms with van der Waals surface area (Å²) in [6, 6.07) is 2.59. The van der Waals surface area contributed by atoms with Crippen molar-refractivity contribution in [3.63, 3.8) is 0 Å². The molecule has 2 unspecified atom stereocenters. The van der Waals surface area contributed by atoms with E-state index in [1.807, 2.05) is 0 Å². The van der Waals surface area contributed by atoms with Gasteiger partial charge in [0.2, 0.25) is 0 Å². The molecular weight excluding hydrogens is 344 g/mol. The molecule has 2 heterocycles. The number of hydrogen-bond donors (Lipinski definition) is 1. The van der Waals surface area contributed by atoms with Gasteiger partial charge in [-0.15, -0.1) is 0 Å². The molecule has 2 aliphatic heterocycles. The van der Waals surface area contributed by atoms with Crippen molar-refractivity contribution in [1.29, 1.82) is 0 Å². The van der Waals surface area contributed by atoms with E-state index >= 15 is 0 Å². The van der Waals surface area contributed by atoms with Crippen LogP contribution in [0, 0.1) is 5.92 Å². The third-order valence-corrected chi connectivity index (χ3v) is 5.54. The molecule has 2 N–H and O–H groups in total. The van der Waals surface area contributed by atoms with Gasteiger partial charge in [-0.25, -0.2) is 0 Å². The summed E-state index contributed by atoms with van der Waals surface area (Å²) in [7, 11) is 2.19. The van der Waals surface area contributed by atoms with Crippen LogP contribution in [0.3, 0.4) is 0 Å². The van der Waals surface area contributed by atoms with Crippen LogP contribution in [0.15, 0.2) is 10.5 Å². The van der Waals surface area contributed by atoms with E-state index in [4.69, 9.17) is 15.2 Å². The standard InChI is InChI=1S/C17H25BrN2O2/c1-10(2)15-12(13-6-11(8-19)9-20(13)3)7-14-17(16(15)18)22-5-4-21-14/h7,10-11,13H,4-6,8-9,19H2,1-3H3. The number of hydrogen-bond acceptors (Lipinski definition) is 4. The number of ether oxygens (including phenoxy) is 2. The molecule has 5 heteroatoms. The molecule has 1 fully saturated rings. The van der Waals surface area contributed by atoms with Gasteiger partial charge in [-0.3, -0.25) is 4.90 Å². The second kappa shape index (κ2) is 6.38. The van der Waals surface area contributed by atoms with Crippen LogP contribution in [0.4, 0.5) is 0 Å². The molecule has 0 radical (unpaired) electrons. The topological polar surface area (TPSA) is 47.7 Å². The summed E-state index contributed by atoms with van der Waals surface area (Å²) in [4.78, 5) is 2.42. The Labute approximate surface area is 141 Å². The summed E-state index contributed by atoms with van der Waals surface area (Å²) < 4.78 is 12.7. The highest BCUT2D eigenvalue weighted by molar-refractivity contribution is 9.10. The highest BCUT2D eigenvalue weighted by atomic mass is 79.9. The third-order valence-electron chi connectivity index (χ3n) is 4.75. The molecule has 0 aliphatic carbocycles. The molecule has 3 rings (SSSR count). The molecule has 122 valence electrons. The van der Waals surface area contributed by atoms with Crippen molar-refractivity contribution in [2.24, 2.45) is 11.7 Å². The van der Waals surface area contributed by atoms with Crippen LogP contribution in [-0.2, 0) is 0 Å². The van der Waals surface area contributed by atoms with E-state index in [0.29, 0.717) is 31.1 Å². The number of likely N-dealkylation sites (tertiary alicyclic amines) is 1. The Balaban J connectivity index is 2.08. The lowest BCUT2D eigenvalue weighted by molar-refractivity contribution is 0.169. The summed E-state index contributed by atoms with van der Waals surface area (Å²) in [5.74, 6) is 2.71. The number of halogens is 1. The molecule has 2 atom stereocenters. The first-order chi connectivity index (χ1) is 10.5. The largest absolute Gasteiger partial charge is 0.486 e. The van der Waals surface area contributed by atoms with Crippen LogP contribution in [-0.4, -0.2) is 38.3 Å².